The van der Waals surface area contributed by atoms with Crippen molar-refractivity contribution >= 4 is 21.9 Å². The van der Waals surface area contributed by atoms with Gasteiger partial charge in [0.15, 0.2) is 0 Å². The number of methoxy groups -OCH3 is 1. The molecule has 1 rings (SSSR count). The summed E-state index contributed by atoms with van der Waals surface area (Å²) in [6, 6.07) is 4.17. The SMILES string of the molecule is COC(=O)Cc1cc(C)c(CBr)cc1C. The van der Waals surface area contributed by atoms with Gasteiger partial charge in [0.05, 0.1) is 13.5 Å². The van der Waals surface area contributed by atoms with E-state index in [2.05, 4.69) is 39.7 Å². The van der Waals surface area contributed by atoms with Crippen LogP contribution in [0.5, 0.6) is 0 Å². The first-order chi connectivity index (χ1) is 7.08. The second-order valence-corrected chi connectivity index (χ2v) is 4.15. The maximum absolute atomic E-state index is 11.2. The Bertz CT molecular complexity index is 372. The topological polar surface area (TPSA) is 26.3 Å². The molecule has 0 radical (unpaired) electrons. The van der Waals surface area contributed by atoms with E-state index in [1.807, 2.05) is 6.92 Å². The number of rotatable bonds is 3. The first-order valence-corrected chi connectivity index (χ1v) is 5.92. The second kappa shape index (κ2) is 5.31. The van der Waals surface area contributed by atoms with E-state index < -0.39 is 0 Å². The maximum Gasteiger partial charge on any atom is 0.309 e. The Labute approximate surface area is 98.8 Å². The van der Waals surface area contributed by atoms with Crippen molar-refractivity contribution < 1.29 is 9.53 Å². The van der Waals surface area contributed by atoms with Crippen LogP contribution in [0.25, 0.3) is 0 Å². The third-order valence-electron chi connectivity index (χ3n) is 2.50. The minimum absolute atomic E-state index is 0.191. The van der Waals surface area contributed by atoms with E-state index in [-0.39, 0.29) is 5.97 Å². The minimum atomic E-state index is -0.191. The molecule has 0 aliphatic carbocycles. The van der Waals surface area contributed by atoms with Crippen molar-refractivity contribution in [2.45, 2.75) is 25.6 Å². The molecule has 0 unspecified atom stereocenters. The molecule has 82 valence electrons. The lowest BCUT2D eigenvalue weighted by atomic mass is 9.99. The summed E-state index contributed by atoms with van der Waals surface area (Å²) in [4.78, 5) is 11.2. The largest absolute Gasteiger partial charge is 0.469 e. The van der Waals surface area contributed by atoms with Crippen LogP contribution in [0.15, 0.2) is 12.1 Å². The molecule has 0 bridgehead atoms. The van der Waals surface area contributed by atoms with Crippen LogP contribution >= 0.6 is 15.9 Å². The quantitative estimate of drug-likeness (QED) is 0.624. The Morgan fingerprint density at radius 3 is 2.33 bits per heavy atom. The maximum atomic E-state index is 11.2. The summed E-state index contributed by atoms with van der Waals surface area (Å²) >= 11 is 3.44. The highest BCUT2D eigenvalue weighted by molar-refractivity contribution is 9.08. The van der Waals surface area contributed by atoms with Gasteiger partial charge in [0.25, 0.3) is 0 Å². The average molecular weight is 271 g/mol. The summed E-state index contributed by atoms with van der Waals surface area (Å²) in [6.07, 6.45) is 0.353. The number of hydrogen-bond acceptors (Lipinski definition) is 2. The number of aryl methyl sites for hydroxylation is 2. The molecule has 0 saturated heterocycles. The lowest BCUT2D eigenvalue weighted by Crippen LogP contribution is -2.06. The van der Waals surface area contributed by atoms with Crippen LogP contribution in [0.1, 0.15) is 22.3 Å². The highest BCUT2D eigenvalue weighted by atomic mass is 79.9. The van der Waals surface area contributed by atoms with Gasteiger partial charge in [-0.05, 0) is 36.1 Å². The number of carbonyl (C=O) groups excluding carboxylic acids is 1. The van der Waals surface area contributed by atoms with Crippen molar-refractivity contribution in [3.05, 3.63) is 34.4 Å². The first kappa shape index (κ1) is 12.2. The Balaban J connectivity index is 3.00. The Kier molecular flexibility index (Phi) is 4.33. The van der Waals surface area contributed by atoms with Gasteiger partial charge in [-0.3, -0.25) is 4.79 Å². The number of halogens is 1. The Morgan fingerprint density at radius 2 is 1.80 bits per heavy atom. The van der Waals surface area contributed by atoms with Gasteiger partial charge in [-0.2, -0.15) is 0 Å². The zero-order chi connectivity index (χ0) is 11.4. The molecular formula is C12H15BrO2. The number of carbonyl (C=O) groups is 1. The average Bonchev–Trinajstić information content (AvgIpc) is 2.22. The zero-order valence-electron chi connectivity index (χ0n) is 9.26. The van der Waals surface area contributed by atoms with Gasteiger partial charge in [0, 0.05) is 5.33 Å². The van der Waals surface area contributed by atoms with Crippen molar-refractivity contribution in [1.82, 2.24) is 0 Å². The van der Waals surface area contributed by atoms with Crippen LogP contribution in [-0.2, 0) is 21.3 Å². The molecule has 2 nitrogen and oxygen atoms in total. The van der Waals surface area contributed by atoms with Crippen molar-refractivity contribution in [3.8, 4) is 0 Å². The molecule has 0 atom stereocenters. The lowest BCUT2D eigenvalue weighted by molar-refractivity contribution is -0.139. The molecule has 0 amide bonds. The third-order valence-corrected chi connectivity index (χ3v) is 3.11. The van der Waals surface area contributed by atoms with Gasteiger partial charge < -0.3 is 4.74 Å². The van der Waals surface area contributed by atoms with E-state index in [4.69, 9.17) is 0 Å². The van der Waals surface area contributed by atoms with Gasteiger partial charge in [0.2, 0.25) is 0 Å². The molecule has 3 heteroatoms. The molecule has 0 fully saturated rings. The fourth-order valence-electron chi connectivity index (χ4n) is 1.50. The number of esters is 1. The summed E-state index contributed by atoms with van der Waals surface area (Å²) in [5, 5.41) is 0.845. The van der Waals surface area contributed by atoms with Crippen LogP contribution < -0.4 is 0 Å². The van der Waals surface area contributed by atoms with Crippen LogP contribution in [0.4, 0.5) is 0 Å². The molecule has 0 aliphatic heterocycles. The molecule has 0 saturated carbocycles. The van der Waals surface area contributed by atoms with Crippen molar-refractivity contribution in [3.63, 3.8) is 0 Å². The molecule has 0 aliphatic rings. The minimum Gasteiger partial charge on any atom is -0.469 e. The molecule has 0 N–H and O–H groups in total. The summed E-state index contributed by atoms with van der Waals surface area (Å²) in [5.41, 5.74) is 4.65. The molecule has 15 heavy (non-hydrogen) atoms. The van der Waals surface area contributed by atoms with Crippen molar-refractivity contribution in [1.29, 1.82) is 0 Å². The lowest BCUT2D eigenvalue weighted by Gasteiger charge is -2.09. The molecule has 1 aromatic carbocycles. The van der Waals surface area contributed by atoms with Gasteiger partial charge in [-0.1, -0.05) is 28.1 Å². The number of benzene rings is 1. The summed E-state index contributed by atoms with van der Waals surface area (Å²) < 4.78 is 4.66. The predicted molar refractivity (Wildman–Crippen MR) is 64.3 cm³/mol. The van der Waals surface area contributed by atoms with Crippen molar-refractivity contribution in [2.75, 3.05) is 7.11 Å². The van der Waals surface area contributed by atoms with E-state index in [0.717, 1.165) is 16.5 Å². The fraction of sp³-hybridized carbons (Fsp3) is 0.417. The highest BCUT2D eigenvalue weighted by Crippen LogP contribution is 2.19. The summed E-state index contributed by atoms with van der Waals surface area (Å²) in [7, 11) is 1.41. The van der Waals surface area contributed by atoms with E-state index >= 15 is 0 Å². The number of alkyl halides is 1. The van der Waals surface area contributed by atoms with Crippen LogP contribution in [0.3, 0.4) is 0 Å². The summed E-state index contributed by atoms with van der Waals surface area (Å²) in [5.74, 6) is -0.191. The second-order valence-electron chi connectivity index (χ2n) is 3.59. The summed E-state index contributed by atoms with van der Waals surface area (Å²) in [6.45, 7) is 4.07. The smallest absolute Gasteiger partial charge is 0.309 e. The van der Waals surface area contributed by atoms with Crippen LogP contribution in [0, 0.1) is 13.8 Å². The Hall–Kier alpha value is -0.830. The van der Waals surface area contributed by atoms with E-state index in [1.54, 1.807) is 0 Å². The van der Waals surface area contributed by atoms with Gasteiger partial charge in [0.1, 0.15) is 0 Å². The molecule has 0 spiro atoms. The van der Waals surface area contributed by atoms with E-state index in [0.29, 0.717) is 6.42 Å². The molecule has 1 aromatic rings. The van der Waals surface area contributed by atoms with Crippen LogP contribution in [0.2, 0.25) is 0 Å². The Morgan fingerprint density at radius 1 is 1.27 bits per heavy atom. The first-order valence-electron chi connectivity index (χ1n) is 4.80. The highest BCUT2D eigenvalue weighted by Gasteiger charge is 2.08. The third kappa shape index (κ3) is 3.06. The predicted octanol–water partition coefficient (Wildman–Crippen LogP) is 2.91. The standard InChI is InChI=1S/C12H15BrO2/c1-8-5-11(7-13)9(2)4-10(8)6-12(14)15-3/h4-5H,6-7H2,1-3H3. The van der Waals surface area contributed by atoms with E-state index in [9.17, 15) is 4.79 Å². The van der Waals surface area contributed by atoms with Gasteiger partial charge in [-0.25, -0.2) is 0 Å². The number of hydrogen-bond donors (Lipinski definition) is 0. The van der Waals surface area contributed by atoms with E-state index in [1.165, 1.54) is 18.2 Å². The van der Waals surface area contributed by atoms with Gasteiger partial charge >= 0.3 is 5.97 Å². The number of ether oxygens (including phenoxy) is 1. The van der Waals surface area contributed by atoms with Crippen LogP contribution in [-0.4, -0.2) is 13.1 Å². The molecule has 0 aromatic heterocycles. The monoisotopic (exact) mass is 270 g/mol. The van der Waals surface area contributed by atoms with Crippen molar-refractivity contribution in [2.24, 2.45) is 0 Å². The zero-order valence-corrected chi connectivity index (χ0v) is 10.8. The normalized spacial score (nSPS) is 10.1. The molecule has 0 heterocycles. The van der Waals surface area contributed by atoms with Gasteiger partial charge in [-0.15, -0.1) is 0 Å². The fourth-order valence-corrected chi connectivity index (χ4v) is 2.10. The molecular weight excluding hydrogens is 256 g/mol.